The number of rotatable bonds is 2. The van der Waals surface area contributed by atoms with Crippen molar-refractivity contribution in [3.05, 3.63) is 53.3 Å². The van der Waals surface area contributed by atoms with Crippen molar-refractivity contribution in [1.29, 1.82) is 0 Å². The largest absolute Gasteiger partial charge is 0.478 e. The lowest BCUT2D eigenvalue weighted by Gasteiger charge is -2.14. The maximum atomic E-state index is 10.7. The number of nitrogens with zero attached hydrogens (tertiary/aromatic N) is 3. The van der Waals surface area contributed by atoms with Crippen LogP contribution in [0.4, 0.5) is 5.95 Å². The first-order chi connectivity index (χ1) is 8.74. The molecular formula is C13H11N3O2. The zero-order chi connectivity index (χ0) is 12.5. The number of aromatic nitrogens is 2. The van der Waals surface area contributed by atoms with E-state index in [4.69, 9.17) is 5.11 Å². The molecule has 3 rings (SSSR count). The van der Waals surface area contributed by atoms with Crippen molar-refractivity contribution in [3.8, 4) is 0 Å². The van der Waals surface area contributed by atoms with Gasteiger partial charge in [-0.1, -0.05) is 24.3 Å². The lowest BCUT2D eigenvalue weighted by molar-refractivity contribution is 0.0696. The minimum Gasteiger partial charge on any atom is -0.478 e. The second-order valence-electron chi connectivity index (χ2n) is 4.20. The maximum Gasteiger partial charge on any atom is 0.338 e. The molecule has 0 saturated carbocycles. The number of hydrogen-bond acceptors (Lipinski definition) is 4. The van der Waals surface area contributed by atoms with E-state index in [1.165, 1.54) is 23.5 Å². The van der Waals surface area contributed by atoms with Gasteiger partial charge in [0.25, 0.3) is 0 Å². The Labute approximate surface area is 104 Å². The molecule has 18 heavy (non-hydrogen) atoms. The zero-order valence-electron chi connectivity index (χ0n) is 9.58. The summed E-state index contributed by atoms with van der Waals surface area (Å²) in [5.74, 6) is -0.442. The van der Waals surface area contributed by atoms with Crippen LogP contribution in [0.15, 0.2) is 36.7 Å². The van der Waals surface area contributed by atoms with Crippen molar-refractivity contribution in [2.24, 2.45) is 0 Å². The molecule has 0 atom stereocenters. The Hall–Kier alpha value is -2.43. The minimum atomic E-state index is -1.01. The molecule has 2 aromatic rings. The van der Waals surface area contributed by atoms with Gasteiger partial charge in [0.05, 0.1) is 5.56 Å². The highest BCUT2D eigenvalue weighted by molar-refractivity contribution is 5.86. The third kappa shape index (κ3) is 1.79. The number of benzene rings is 1. The fourth-order valence-corrected chi connectivity index (χ4v) is 2.07. The minimum absolute atomic E-state index is 0.107. The Morgan fingerprint density at radius 3 is 2.17 bits per heavy atom. The van der Waals surface area contributed by atoms with Gasteiger partial charge in [-0.15, -0.1) is 0 Å². The van der Waals surface area contributed by atoms with Gasteiger partial charge in [-0.2, -0.15) is 0 Å². The first-order valence-electron chi connectivity index (χ1n) is 5.61. The average Bonchev–Trinajstić information content (AvgIpc) is 2.82. The first kappa shape index (κ1) is 10.7. The number of carbonyl (C=O) groups is 1. The lowest BCUT2D eigenvalue weighted by Crippen LogP contribution is -2.17. The fourth-order valence-electron chi connectivity index (χ4n) is 2.07. The van der Waals surface area contributed by atoms with E-state index in [9.17, 15) is 4.79 Å². The van der Waals surface area contributed by atoms with E-state index in [0.29, 0.717) is 5.95 Å². The molecule has 2 heterocycles. The third-order valence-corrected chi connectivity index (χ3v) is 3.01. The van der Waals surface area contributed by atoms with Crippen LogP contribution in [0.5, 0.6) is 0 Å². The van der Waals surface area contributed by atoms with Crippen molar-refractivity contribution in [2.75, 3.05) is 4.90 Å². The number of hydrogen-bond donors (Lipinski definition) is 1. The van der Waals surface area contributed by atoms with Crippen molar-refractivity contribution >= 4 is 11.9 Å². The molecule has 1 aliphatic rings. The SMILES string of the molecule is O=C(O)c1cnc(N2Cc3ccccc3C2)nc1. The summed E-state index contributed by atoms with van der Waals surface area (Å²) in [6.07, 6.45) is 2.68. The van der Waals surface area contributed by atoms with Gasteiger partial charge in [0.2, 0.25) is 5.95 Å². The Morgan fingerprint density at radius 2 is 1.67 bits per heavy atom. The highest BCUT2D eigenvalue weighted by Gasteiger charge is 2.20. The van der Waals surface area contributed by atoms with Gasteiger partial charge >= 0.3 is 5.97 Å². The standard InChI is InChI=1S/C13H11N3O2/c17-12(18)11-5-14-13(15-6-11)16-7-9-3-1-2-4-10(9)8-16/h1-6H,7-8H2,(H,17,18). The van der Waals surface area contributed by atoms with Crippen LogP contribution in [0.2, 0.25) is 0 Å². The second-order valence-corrected chi connectivity index (χ2v) is 4.20. The zero-order valence-corrected chi connectivity index (χ0v) is 9.58. The predicted molar refractivity (Wildman–Crippen MR) is 65.3 cm³/mol. The molecule has 5 heteroatoms. The van der Waals surface area contributed by atoms with Crippen LogP contribution < -0.4 is 4.90 Å². The topological polar surface area (TPSA) is 66.3 Å². The van der Waals surface area contributed by atoms with E-state index in [-0.39, 0.29) is 5.56 Å². The maximum absolute atomic E-state index is 10.7. The molecular weight excluding hydrogens is 230 g/mol. The molecule has 0 amide bonds. The summed E-state index contributed by atoms with van der Waals surface area (Å²) in [4.78, 5) is 20.9. The van der Waals surface area contributed by atoms with Crippen LogP contribution in [0, 0.1) is 0 Å². The smallest absolute Gasteiger partial charge is 0.338 e. The number of aromatic carboxylic acids is 1. The van der Waals surface area contributed by atoms with Crippen LogP contribution in [0.1, 0.15) is 21.5 Å². The molecule has 0 bridgehead atoms. The summed E-state index contributed by atoms with van der Waals surface area (Å²) < 4.78 is 0. The van der Waals surface area contributed by atoms with Gasteiger partial charge in [0.15, 0.2) is 0 Å². The number of fused-ring (bicyclic) bond motifs is 1. The predicted octanol–water partition coefficient (Wildman–Crippen LogP) is 1.70. The van der Waals surface area contributed by atoms with Crippen LogP contribution in [-0.4, -0.2) is 21.0 Å². The first-order valence-corrected chi connectivity index (χ1v) is 5.61. The Morgan fingerprint density at radius 1 is 1.11 bits per heavy atom. The van der Waals surface area contributed by atoms with Gasteiger partial charge in [0, 0.05) is 25.5 Å². The molecule has 5 nitrogen and oxygen atoms in total. The molecule has 1 aromatic carbocycles. The molecule has 1 N–H and O–H groups in total. The quantitative estimate of drug-likeness (QED) is 0.866. The molecule has 0 aliphatic carbocycles. The monoisotopic (exact) mass is 241 g/mol. The number of anilines is 1. The van der Waals surface area contributed by atoms with Crippen LogP contribution in [0.25, 0.3) is 0 Å². The van der Waals surface area contributed by atoms with E-state index >= 15 is 0 Å². The summed E-state index contributed by atoms with van der Waals surface area (Å²) in [5.41, 5.74) is 2.64. The summed E-state index contributed by atoms with van der Waals surface area (Å²) in [7, 11) is 0. The van der Waals surface area contributed by atoms with E-state index in [1.54, 1.807) is 0 Å². The van der Waals surface area contributed by atoms with E-state index in [0.717, 1.165) is 13.1 Å². The normalized spacial score (nSPS) is 13.4. The lowest BCUT2D eigenvalue weighted by atomic mass is 10.1. The summed E-state index contributed by atoms with van der Waals surface area (Å²) in [6.45, 7) is 1.53. The Bertz CT molecular complexity index is 570. The van der Waals surface area contributed by atoms with Crippen LogP contribution in [-0.2, 0) is 13.1 Å². The van der Waals surface area contributed by atoms with Gasteiger partial charge in [-0.05, 0) is 11.1 Å². The van der Waals surface area contributed by atoms with E-state index in [2.05, 4.69) is 22.1 Å². The third-order valence-electron chi connectivity index (χ3n) is 3.01. The highest BCUT2D eigenvalue weighted by atomic mass is 16.4. The van der Waals surface area contributed by atoms with Crippen LogP contribution >= 0.6 is 0 Å². The number of carboxylic acids is 1. The Balaban J connectivity index is 1.84. The van der Waals surface area contributed by atoms with E-state index < -0.39 is 5.97 Å². The van der Waals surface area contributed by atoms with Gasteiger partial charge in [-0.3, -0.25) is 0 Å². The molecule has 0 spiro atoms. The van der Waals surface area contributed by atoms with E-state index in [1.807, 2.05) is 17.0 Å². The molecule has 0 saturated heterocycles. The molecule has 1 aromatic heterocycles. The molecule has 0 unspecified atom stereocenters. The van der Waals surface area contributed by atoms with Crippen molar-refractivity contribution in [3.63, 3.8) is 0 Å². The Kier molecular flexibility index (Phi) is 2.44. The second kappa shape index (κ2) is 4.10. The molecule has 1 aliphatic heterocycles. The fraction of sp³-hybridized carbons (Fsp3) is 0.154. The summed E-state index contributed by atoms with van der Waals surface area (Å²) >= 11 is 0. The van der Waals surface area contributed by atoms with Gasteiger partial charge in [-0.25, -0.2) is 14.8 Å². The summed E-state index contributed by atoms with van der Waals surface area (Å²) in [5, 5.41) is 8.79. The van der Waals surface area contributed by atoms with Gasteiger partial charge < -0.3 is 10.0 Å². The van der Waals surface area contributed by atoms with Gasteiger partial charge in [0.1, 0.15) is 0 Å². The highest BCUT2D eigenvalue weighted by Crippen LogP contribution is 2.25. The molecule has 0 radical (unpaired) electrons. The van der Waals surface area contributed by atoms with Crippen LogP contribution in [0.3, 0.4) is 0 Å². The van der Waals surface area contributed by atoms with Crippen molar-refractivity contribution in [2.45, 2.75) is 13.1 Å². The average molecular weight is 241 g/mol. The molecule has 0 fully saturated rings. The molecule has 90 valence electrons. The number of carboxylic acid groups (broad SMARTS) is 1. The summed E-state index contributed by atoms with van der Waals surface area (Å²) in [6, 6.07) is 8.19. The van der Waals surface area contributed by atoms with Crippen molar-refractivity contribution in [1.82, 2.24) is 9.97 Å². The van der Waals surface area contributed by atoms with Crippen molar-refractivity contribution < 1.29 is 9.90 Å².